The van der Waals surface area contributed by atoms with Gasteiger partial charge in [0.25, 0.3) is 0 Å². The van der Waals surface area contributed by atoms with Crippen molar-refractivity contribution in [3.8, 4) is 0 Å². The van der Waals surface area contributed by atoms with Crippen LogP contribution in [0.3, 0.4) is 0 Å². The number of aromatic nitrogens is 4. The maximum Gasteiger partial charge on any atom is 0.408 e. The zero-order valence-electron chi connectivity index (χ0n) is 12.5. The molecule has 1 atom stereocenters. The van der Waals surface area contributed by atoms with Crippen molar-refractivity contribution in [2.45, 2.75) is 52.2 Å². The molecule has 114 valence electrons. The number of amides is 1. The van der Waals surface area contributed by atoms with Gasteiger partial charge in [0.15, 0.2) is 5.82 Å². The minimum Gasteiger partial charge on any atom is -0.444 e. The predicted octanol–water partition coefficient (Wildman–Crippen LogP) is 1.58. The highest BCUT2D eigenvalue weighted by Gasteiger charge is 2.23. The summed E-state index contributed by atoms with van der Waals surface area (Å²) < 4.78 is 10.7. The van der Waals surface area contributed by atoms with Crippen LogP contribution in [-0.2, 0) is 9.47 Å². The lowest BCUT2D eigenvalue weighted by molar-refractivity contribution is 0.0433. The van der Waals surface area contributed by atoms with Gasteiger partial charge < -0.3 is 14.8 Å². The molecule has 0 spiro atoms. The molecule has 0 aliphatic carbocycles. The number of hydrogen-bond donors (Lipinski definition) is 2. The van der Waals surface area contributed by atoms with Crippen LogP contribution in [-0.4, -0.2) is 45.5 Å². The number of nitrogens with zero attached hydrogens (tertiary/aromatic N) is 3. The van der Waals surface area contributed by atoms with Crippen LogP contribution in [0.15, 0.2) is 0 Å². The number of aromatic amines is 1. The predicted molar refractivity (Wildman–Crippen MR) is 72.0 cm³/mol. The normalized spacial score (nSPS) is 13.0. The third-order valence-corrected chi connectivity index (χ3v) is 2.29. The second-order valence-corrected chi connectivity index (χ2v) is 5.40. The number of hydrogen-bond acceptors (Lipinski definition) is 6. The molecule has 0 saturated heterocycles. The fraction of sp³-hybridized carbons (Fsp3) is 0.833. The third kappa shape index (κ3) is 6.46. The van der Waals surface area contributed by atoms with E-state index in [1.54, 1.807) is 20.8 Å². The molecule has 0 saturated carbocycles. The molecule has 8 nitrogen and oxygen atoms in total. The van der Waals surface area contributed by atoms with Gasteiger partial charge in [0.2, 0.25) is 0 Å². The maximum absolute atomic E-state index is 11.8. The Morgan fingerprint density at radius 2 is 2.20 bits per heavy atom. The molecule has 0 fully saturated rings. The standard InChI is InChI=1S/C12H23N5O3/c1-5-6-7-19-8-9(10-14-16-17-15-10)13-11(18)20-12(2,3)4/h9H,5-8H2,1-4H3,(H,13,18)(H,14,15,16,17)/t9-/m0/s1. The van der Waals surface area contributed by atoms with Crippen LogP contribution in [0.25, 0.3) is 0 Å². The molecule has 0 aliphatic heterocycles. The van der Waals surface area contributed by atoms with Crippen molar-refractivity contribution >= 4 is 6.09 Å². The summed E-state index contributed by atoms with van der Waals surface area (Å²) in [6.45, 7) is 8.38. The lowest BCUT2D eigenvalue weighted by Gasteiger charge is -2.22. The Morgan fingerprint density at radius 3 is 2.75 bits per heavy atom. The molecule has 1 rings (SSSR count). The second kappa shape index (κ2) is 7.78. The van der Waals surface area contributed by atoms with E-state index in [9.17, 15) is 4.79 Å². The highest BCUT2D eigenvalue weighted by atomic mass is 16.6. The van der Waals surface area contributed by atoms with Gasteiger partial charge in [0.1, 0.15) is 11.6 Å². The molecule has 0 aromatic carbocycles. The van der Waals surface area contributed by atoms with Crippen molar-refractivity contribution in [1.82, 2.24) is 25.9 Å². The average molecular weight is 285 g/mol. The zero-order valence-corrected chi connectivity index (χ0v) is 12.5. The summed E-state index contributed by atoms with van der Waals surface area (Å²) in [7, 11) is 0. The molecule has 8 heteroatoms. The Morgan fingerprint density at radius 1 is 1.45 bits per heavy atom. The Kier molecular flexibility index (Phi) is 6.37. The summed E-state index contributed by atoms with van der Waals surface area (Å²) >= 11 is 0. The monoisotopic (exact) mass is 285 g/mol. The summed E-state index contributed by atoms with van der Waals surface area (Å²) in [5, 5.41) is 16.3. The number of alkyl carbamates (subject to hydrolysis) is 1. The first-order valence-electron chi connectivity index (χ1n) is 6.73. The van der Waals surface area contributed by atoms with Crippen LogP contribution in [0, 0.1) is 0 Å². The van der Waals surface area contributed by atoms with Gasteiger partial charge >= 0.3 is 6.09 Å². The number of tetrazole rings is 1. The van der Waals surface area contributed by atoms with Crippen LogP contribution in [0.1, 0.15) is 52.4 Å². The number of carbonyl (C=O) groups is 1. The third-order valence-electron chi connectivity index (χ3n) is 2.29. The van der Waals surface area contributed by atoms with E-state index in [-0.39, 0.29) is 6.61 Å². The largest absolute Gasteiger partial charge is 0.444 e. The van der Waals surface area contributed by atoms with E-state index in [4.69, 9.17) is 9.47 Å². The van der Waals surface area contributed by atoms with Gasteiger partial charge in [-0.3, -0.25) is 0 Å². The number of H-pyrrole nitrogens is 1. The van der Waals surface area contributed by atoms with Crippen molar-refractivity contribution < 1.29 is 14.3 Å². The van der Waals surface area contributed by atoms with E-state index in [1.807, 2.05) is 0 Å². The van der Waals surface area contributed by atoms with Crippen LogP contribution in [0.4, 0.5) is 4.79 Å². The molecule has 1 aromatic heterocycles. The van der Waals surface area contributed by atoms with Gasteiger partial charge in [-0.05, 0) is 27.2 Å². The first-order chi connectivity index (χ1) is 9.42. The zero-order chi connectivity index (χ0) is 15.0. The van der Waals surface area contributed by atoms with Gasteiger partial charge in [-0.2, -0.15) is 5.21 Å². The molecule has 0 unspecified atom stereocenters. The van der Waals surface area contributed by atoms with Gasteiger partial charge in [-0.15, -0.1) is 10.2 Å². The van der Waals surface area contributed by atoms with E-state index in [2.05, 4.69) is 32.9 Å². The van der Waals surface area contributed by atoms with E-state index >= 15 is 0 Å². The molecular formula is C12H23N5O3. The van der Waals surface area contributed by atoms with Crippen LogP contribution in [0.2, 0.25) is 0 Å². The Hall–Kier alpha value is -1.70. The van der Waals surface area contributed by atoms with Crippen molar-refractivity contribution in [2.75, 3.05) is 13.2 Å². The first kappa shape index (κ1) is 16.4. The Bertz CT molecular complexity index is 388. The van der Waals surface area contributed by atoms with Crippen LogP contribution < -0.4 is 5.32 Å². The topological polar surface area (TPSA) is 102 Å². The molecule has 0 radical (unpaired) electrons. The number of ether oxygens (including phenoxy) is 2. The van der Waals surface area contributed by atoms with Crippen molar-refractivity contribution in [3.05, 3.63) is 5.82 Å². The van der Waals surface area contributed by atoms with Gasteiger partial charge in [-0.1, -0.05) is 18.6 Å². The molecule has 1 heterocycles. The summed E-state index contributed by atoms with van der Waals surface area (Å²) in [6, 6.07) is -0.486. The molecule has 1 amide bonds. The molecule has 0 bridgehead atoms. The quantitative estimate of drug-likeness (QED) is 0.737. The Balaban J connectivity index is 2.53. The molecular weight excluding hydrogens is 262 g/mol. The fourth-order valence-corrected chi connectivity index (χ4v) is 1.40. The van der Waals surface area contributed by atoms with Gasteiger partial charge in [-0.25, -0.2) is 4.79 Å². The lowest BCUT2D eigenvalue weighted by atomic mass is 10.2. The molecule has 0 aliphatic rings. The van der Waals surface area contributed by atoms with E-state index < -0.39 is 17.7 Å². The van der Waals surface area contributed by atoms with Gasteiger partial charge in [0, 0.05) is 6.61 Å². The summed E-state index contributed by atoms with van der Waals surface area (Å²) in [4.78, 5) is 11.8. The highest BCUT2D eigenvalue weighted by Crippen LogP contribution is 2.11. The van der Waals surface area contributed by atoms with Crippen molar-refractivity contribution in [3.63, 3.8) is 0 Å². The van der Waals surface area contributed by atoms with Crippen molar-refractivity contribution in [1.29, 1.82) is 0 Å². The first-order valence-corrected chi connectivity index (χ1v) is 6.73. The Labute approximate surface area is 118 Å². The SMILES string of the molecule is CCCCOC[C@H](NC(=O)OC(C)(C)C)c1nn[nH]n1. The minimum atomic E-state index is -0.561. The lowest BCUT2D eigenvalue weighted by Crippen LogP contribution is -2.37. The maximum atomic E-state index is 11.8. The number of carbonyl (C=O) groups excluding carboxylic acids is 1. The molecule has 20 heavy (non-hydrogen) atoms. The van der Waals surface area contributed by atoms with Crippen molar-refractivity contribution in [2.24, 2.45) is 0 Å². The number of rotatable bonds is 7. The van der Waals surface area contributed by atoms with Gasteiger partial charge in [0.05, 0.1) is 6.61 Å². The average Bonchev–Trinajstić information content (AvgIpc) is 2.84. The summed E-state index contributed by atoms with van der Waals surface area (Å²) in [5.41, 5.74) is -0.561. The summed E-state index contributed by atoms with van der Waals surface area (Å²) in [5.74, 6) is 0.368. The summed E-state index contributed by atoms with van der Waals surface area (Å²) in [6.07, 6.45) is 1.48. The fourth-order valence-electron chi connectivity index (χ4n) is 1.40. The molecule has 2 N–H and O–H groups in total. The van der Waals surface area contributed by atoms with E-state index in [1.165, 1.54) is 0 Å². The number of nitrogens with one attached hydrogen (secondary N) is 2. The van der Waals surface area contributed by atoms with Crippen LogP contribution >= 0.6 is 0 Å². The highest BCUT2D eigenvalue weighted by molar-refractivity contribution is 5.68. The van der Waals surface area contributed by atoms with Crippen LogP contribution in [0.5, 0.6) is 0 Å². The number of unbranched alkanes of at least 4 members (excludes halogenated alkanes) is 1. The second-order valence-electron chi connectivity index (χ2n) is 5.40. The smallest absolute Gasteiger partial charge is 0.408 e. The van der Waals surface area contributed by atoms with E-state index in [0.29, 0.717) is 12.4 Å². The minimum absolute atomic E-state index is 0.277. The van der Waals surface area contributed by atoms with E-state index in [0.717, 1.165) is 12.8 Å². The molecule has 1 aromatic rings.